The van der Waals surface area contributed by atoms with Crippen molar-refractivity contribution >= 4 is 17.3 Å². The summed E-state index contributed by atoms with van der Waals surface area (Å²) >= 11 is 1.58. The molecule has 0 saturated heterocycles. The third-order valence-electron chi connectivity index (χ3n) is 0.896. The van der Waals surface area contributed by atoms with Gasteiger partial charge in [0.15, 0.2) is 0 Å². The standard InChI is InChI=1S/C6H13NS/c1-6(2)3-4-8-5-7/h5-7H,3-4H2,1-2H3. The van der Waals surface area contributed by atoms with E-state index in [1.54, 1.807) is 11.8 Å². The van der Waals surface area contributed by atoms with Crippen LogP contribution in [0.2, 0.25) is 0 Å². The molecule has 0 spiro atoms. The first-order valence-electron chi connectivity index (χ1n) is 2.88. The van der Waals surface area contributed by atoms with Crippen molar-refractivity contribution in [2.75, 3.05) is 5.75 Å². The zero-order valence-electron chi connectivity index (χ0n) is 5.48. The molecule has 48 valence electrons. The molecule has 0 aliphatic carbocycles. The average molecular weight is 131 g/mol. The second kappa shape index (κ2) is 5.16. The molecule has 0 fully saturated rings. The zero-order valence-corrected chi connectivity index (χ0v) is 6.29. The molecule has 1 nitrogen and oxygen atoms in total. The molecule has 0 radical (unpaired) electrons. The summed E-state index contributed by atoms with van der Waals surface area (Å²) in [5.41, 5.74) is 1.41. The Balaban J connectivity index is 2.81. The number of rotatable bonds is 4. The summed E-state index contributed by atoms with van der Waals surface area (Å²) < 4.78 is 0. The van der Waals surface area contributed by atoms with Crippen molar-refractivity contribution in [3.63, 3.8) is 0 Å². The highest BCUT2D eigenvalue weighted by atomic mass is 32.2. The molecule has 0 aromatic carbocycles. The maximum Gasteiger partial charge on any atom is 0.0506 e. The van der Waals surface area contributed by atoms with Crippen molar-refractivity contribution in [2.45, 2.75) is 20.3 Å². The number of thioether (sulfide) groups is 1. The van der Waals surface area contributed by atoms with E-state index in [1.807, 2.05) is 0 Å². The number of hydrogen-bond donors (Lipinski definition) is 1. The minimum Gasteiger partial charge on any atom is -0.302 e. The highest BCUT2D eigenvalue weighted by Gasteiger charge is 1.90. The van der Waals surface area contributed by atoms with Gasteiger partial charge in [-0.15, -0.1) is 11.8 Å². The third-order valence-corrected chi connectivity index (χ3v) is 1.53. The SMILES string of the molecule is CC(C)CCSC=N. The zero-order chi connectivity index (χ0) is 6.41. The van der Waals surface area contributed by atoms with Crippen LogP contribution < -0.4 is 0 Å². The van der Waals surface area contributed by atoms with E-state index >= 15 is 0 Å². The Morgan fingerprint density at radius 1 is 1.62 bits per heavy atom. The molecule has 0 saturated carbocycles. The van der Waals surface area contributed by atoms with Gasteiger partial charge in [-0.25, -0.2) is 0 Å². The first-order valence-corrected chi connectivity index (χ1v) is 3.92. The molecule has 0 aliphatic heterocycles. The maximum atomic E-state index is 6.68. The molecule has 0 amide bonds. The molecule has 1 N–H and O–H groups in total. The minimum atomic E-state index is 0.780. The van der Waals surface area contributed by atoms with Crippen LogP contribution in [0.3, 0.4) is 0 Å². The highest BCUT2D eigenvalue weighted by Crippen LogP contribution is 2.04. The molecule has 0 rings (SSSR count). The first-order chi connectivity index (χ1) is 3.77. The van der Waals surface area contributed by atoms with Crippen molar-refractivity contribution in [3.05, 3.63) is 0 Å². The smallest absolute Gasteiger partial charge is 0.0506 e. The van der Waals surface area contributed by atoms with Crippen molar-refractivity contribution in [1.29, 1.82) is 5.41 Å². The van der Waals surface area contributed by atoms with E-state index in [2.05, 4.69) is 13.8 Å². The predicted molar refractivity (Wildman–Crippen MR) is 40.7 cm³/mol. The van der Waals surface area contributed by atoms with Gasteiger partial charge >= 0.3 is 0 Å². The van der Waals surface area contributed by atoms with E-state index in [1.165, 1.54) is 12.0 Å². The number of nitrogens with one attached hydrogen (secondary N) is 1. The summed E-state index contributed by atoms with van der Waals surface area (Å²) in [6.45, 7) is 4.40. The Bertz CT molecular complexity index is 61.5. The molecule has 0 aromatic rings. The molecule has 0 bridgehead atoms. The second-order valence-corrected chi connectivity index (χ2v) is 3.15. The molecule has 2 heteroatoms. The summed E-state index contributed by atoms with van der Waals surface area (Å²) in [5.74, 6) is 1.88. The molecule has 0 atom stereocenters. The van der Waals surface area contributed by atoms with Gasteiger partial charge in [0.2, 0.25) is 0 Å². The Labute approximate surface area is 55.4 Å². The molecule has 0 unspecified atom stereocenters. The van der Waals surface area contributed by atoms with Gasteiger partial charge in [0.05, 0.1) is 5.55 Å². The third kappa shape index (κ3) is 6.02. The van der Waals surface area contributed by atoms with E-state index in [9.17, 15) is 0 Å². The van der Waals surface area contributed by atoms with Gasteiger partial charge < -0.3 is 5.41 Å². The maximum absolute atomic E-state index is 6.68. The normalized spacial score (nSPS) is 9.88. The van der Waals surface area contributed by atoms with Crippen molar-refractivity contribution in [1.82, 2.24) is 0 Å². The average Bonchev–Trinajstić information content (AvgIpc) is 1.66. The second-order valence-electron chi connectivity index (χ2n) is 2.17. The summed E-state index contributed by atoms with van der Waals surface area (Å²) in [6, 6.07) is 0. The van der Waals surface area contributed by atoms with Crippen LogP contribution in [0.4, 0.5) is 0 Å². The predicted octanol–water partition coefficient (Wildman–Crippen LogP) is 2.37. The molecule has 0 aliphatic rings. The number of hydrogen-bond acceptors (Lipinski definition) is 2. The van der Waals surface area contributed by atoms with E-state index in [0.29, 0.717) is 0 Å². The molecular weight excluding hydrogens is 118 g/mol. The Morgan fingerprint density at radius 3 is 2.62 bits per heavy atom. The van der Waals surface area contributed by atoms with Gasteiger partial charge in [0.25, 0.3) is 0 Å². The van der Waals surface area contributed by atoms with Gasteiger partial charge in [0, 0.05) is 0 Å². The Hall–Kier alpha value is 0.0200. The van der Waals surface area contributed by atoms with Crippen LogP contribution in [-0.2, 0) is 0 Å². The van der Waals surface area contributed by atoms with Crippen molar-refractivity contribution < 1.29 is 0 Å². The van der Waals surface area contributed by atoms with E-state index in [4.69, 9.17) is 5.41 Å². The highest BCUT2D eigenvalue weighted by molar-refractivity contribution is 8.11. The van der Waals surface area contributed by atoms with Crippen LogP contribution in [0.15, 0.2) is 0 Å². The summed E-state index contributed by atoms with van der Waals surface area (Å²) in [5, 5.41) is 6.68. The largest absolute Gasteiger partial charge is 0.302 e. The van der Waals surface area contributed by atoms with Gasteiger partial charge in [0.1, 0.15) is 0 Å². The fourth-order valence-electron chi connectivity index (χ4n) is 0.363. The molecule has 0 aromatic heterocycles. The summed E-state index contributed by atoms with van der Waals surface area (Å²) in [6.07, 6.45) is 1.22. The fourth-order valence-corrected chi connectivity index (χ4v) is 1.09. The van der Waals surface area contributed by atoms with Gasteiger partial charge in [-0.2, -0.15) is 0 Å². The van der Waals surface area contributed by atoms with Crippen LogP contribution in [0.5, 0.6) is 0 Å². The summed E-state index contributed by atoms with van der Waals surface area (Å²) in [4.78, 5) is 0. The lowest BCUT2D eigenvalue weighted by Crippen LogP contribution is -1.88. The van der Waals surface area contributed by atoms with Gasteiger partial charge in [-0.05, 0) is 18.1 Å². The Morgan fingerprint density at radius 2 is 2.25 bits per heavy atom. The lowest BCUT2D eigenvalue weighted by molar-refractivity contribution is 0.632. The monoisotopic (exact) mass is 131 g/mol. The Kier molecular flexibility index (Phi) is 5.18. The van der Waals surface area contributed by atoms with Crippen molar-refractivity contribution in [2.24, 2.45) is 5.92 Å². The molecule has 8 heavy (non-hydrogen) atoms. The lowest BCUT2D eigenvalue weighted by atomic mass is 10.2. The van der Waals surface area contributed by atoms with Crippen LogP contribution in [0.1, 0.15) is 20.3 Å². The van der Waals surface area contributed by atoms with Gasteiger partial charge in [-0.1, -0.05) is 13.8 Å². The van der Waals surface area contributed by atoms with E-state index in [-0.39, 0.29) is 0 Å². The van der Waals surface area contributed by atoms with Crippen LogP contribution >= 0.6 is 11.8 Å². The quantitative estimate of drug-likeness (QED) is 0.353. The fraction of sp³-hybridized carbons (Fsp3) is 0.833. The van der Waals surface area contributed by atoms with Crippen LogP contribution in [-0.4, -0.2) is 11.3 Å². The van der Waals surface area contributed by atoms with E-state index < -0.39 is 0 Å². The lowest BCUT2D eigenvalue weighted by Gasteiger charge is -1.98. The van der Waals surface area contributed by atoms with Crippen LogP contribution in [0, 0.1) is 11.3 Å². The van der Waals surface area contributed by atoms with E-state index in [0.717, 1.165) is 11.7 Å². The van der Waals surface area contributed by atoms with Crippen molar-refractivity contribution in [3.8, 4) is 0 Å². The van der Waals surface area contributed by atoms with Crippen LogP contribution in [0.25, 0.3) is 0 Å². The summed E-state index contributed by atoms with van der Waals surface area (Å²) in [7, 11) is 0. The first kappa shape index (κ1) is 8.02. The topological polar surface area (TPSA) is 23.9 Å². The minimum absolute atomic E-state index is 0.780. The molecular formula is C6H13NS. The van der Waals surface area contributed by atoms with Gasteiger partial charge in [-0.3, -0.25) is 0 Å². The molecule has 0 heterocycles.